The van der Waals surface area contributed by atoms with Gasteiger partial charge in [-0.2, -0.15) is 0 Å². The van der Waals surface area contributed by atoms with Gasteiger partial charge in [0.15, 0.2) is 0 Å². The highest BCUT2D eigenvalue weighted by molar-refractivity contribution is 5.95. The van der Waals surface area contributed by atoms with E-state index in [9.17, 15) is 4.79 Å². The molecule has 3 rings (SSSR count). The van der Waals surface area contributed by atoms with Crippen LogP contribution in [-0.4, -0.2) is 35.0 Å². The van der Waals surface area contributed by atoms with Crippen LogP contribution in [0.25, 0.3) is 0 Å². The van der Waals surface area contributed by atoms with Crippen LogP contribution in [0.15, 0.2) is 42.9 Å². The summed E-state index contributed by atoms with van der Waals surface area (Å²) in [6.07, 6.45) is 5.40. The predicted molar refractivity (Wildman–Crippen MR) is 86.0 cm³/mol. The van der Waals surface area contributed by atoms with E-state index in [0.29, 0.717) is 11.5 Å². The predicted octanol–water partition coefficient (Wildman–Crippen LogP) is 2.22. The Kier molecular flexibility index (Phi) is 4.04. The average molecular weight is 296 g/mol. The maximum Gasteiger partial charge on any atom is 0.251 e. The van der Waals surface area contributed by atoms with Gasteiger partial charge in [-0.25, -0.2) is 4.98 Å². The maximum atomic E-state index is 12.1. The van der Waals surface area contributed by atoms with Crippen LogP contribution >= 0.6 is 0 Å². The van der Waals surface area contributed by atoms with Crippen LogP contribution in [0, 0.1) is 0 Å². The van der Waals surface area contributed by atoms with Crippen molar-refractivity contribution in [3.8, 4) is 0 Å². The van der Waals surface area contributed by atoms with Crippen molar-refractivity contribution in [2.75, 3.05) is 18.0 Å². The van der Waals surface area contributed by atoms with Gasteiger partial charge in [0.2, 0.25) is 0 Å². The second-order valence-electron chi connectivity index (χ2n) is 5.92. The number of hydrogen-bond acceptors (Lipinski definition) is 4. The van der Waals surface area contributed by atoms with E-state index in [-0.39, 0.29) is 11.9 Å². The molecule has 0 atom stereocenters. The second-order valence-corrected chi connectivity index (χ2v) is 5.92. The van der Waals surface area contributed by atoms with Crippen LogP contribution in [0.1, 0.15) is 35.7 Å². The van der Waals surface area contributed by atoms with Gasteiger partial charge in [-0.05, 0) is 37.6 Å². The standard InChI is InChI=1S/C17H20N4O/c1-12(2)20-17(22)13-5-7-19-16(8-13)21-10-15(11-21)14-4-3-6-18-9-14/h3-9,12,15H,10-11H2,1-2H3,(H,20,22). The van der Waals surface area contributed by atoms with Crippen molar-refractivity contribution >= 4 is 11.7 Å². The van der Waals surface area contributed by atoms with Crippen LogP contribution in [-0.2, 0) is 0 Å². The van der Waals surface area contributed by atoms with Crippen molar-refractivity contribution in [2.24, 2.45) is 0 Å². The molecular weight excluding hydrogens is 276 g/mol. The Morgan fingerprint density at radius 1 is 1.32 bits per heavy atom. The number of amides is 1. The van der Waals surface area contributed by atoms with Gasteiger partial charge in [0.1, 0.15) is 5.82 Å². The first-order valence-electron chi connectivity index (χ1n) is 7.55. The van der Waals surface area contributed by atoms with Crippen LogP contribution in [0.5, 0.6) is 0 Å². The van der Waals surface area contributed by atoms with Gasteiger partial charge in [-0.1, -0.05) is 6.07 Å². The first-order chi connectivity index (χ1) is 10.6. The molecular formula is C17H20N4O. The summed E-state index contributed by atoms with van der Waals surface area (Å²) in [5.74, 6) is 1.29. The number of nitrogens with zero attached hydrogens (tertiary/aromatic N) is 3. The number of pyridine rings is 2. The Balaban J connectivity index is 1.66. The molecule has 1 saturated heterocycles. The van der Waals surface area contributed by atoms with Gasteiger partial charge in [0, 0.05) is 49.2 Å². The van der Waals surface area contributed by atoms with Crippen molar-refractivity contribution in [2.45, 2.75) is 25.8 Å². The SMILES string of the molecule is CC(C)NC(=O)c1ccnc(N2CC(c3cccnc3)C2)c1. The average Bonchev–Trinajstić information content (AvgIpc) is 2.46. The fourth-order valence-corrected chi connectivity index (χ4v) is 2.57. The van der Waals surface area contributed by atoms with E-state index in [0.717, 1.165) is 18.9 Å². The minimum absolute atomic E-state index is 0.0528. The molecule has 0 aliphatic carbocycles. The van der Waals surface area contributed by atoms with E-state index in [4.69, 9.17) is 0 Å². The first kappa shape index (κ1) is 14.5. The molecule has 0 unspecified atom stereocenters. The third kappa shape index (κ3) is 3.08. The number of carbonyl (C=O) groups excluding carboxylic acids is 1. The maximum absolute atomic E-state index is 12.1. The number of aromatic nitrogens is 2. The van der Waals surface area contributed by atoms with E-state index in [1.165, 1.54) is 5.56 Å². The minimum Gasteiger partial charge on any atom is -0.355 e. The lowest BCUT2D eigenvalue weighted by Crippen LogP contribution is -2.45. The van der Waals surface area contributed by atoms with Crippen molar-refractivity contribution in [1.29, 1.82) is 0 Å². The molecule has 114 valence electrons. The first-order valence-corrected chi connectivity index (χ1v) is 7.55. The molecule has 1 amide bonds. The number of carbonyl (C=O) groups is 1. The minimum atomic E-state index is -0.0528. The van der Waals surface area contributed by atoms with E-state index < -0.39 is 0 Å². The van der Waals surface area contributed by atoms with Gasteiger partial charge < -0.3 is 10.2 Å². The third-order valence-electron chi connectivity index (χ3n) is 3.79. The third-order valence-corrected chi connectivity index (χ3v) is 3.79. The van der Waals surface area contributed by atoms with Gasteiger partial charge in [-0.15, -0.1) is 0 Å². The summed E-state index contributed by atoms with van der Waals surface area (Å²) in [5.41, 5.74) is 1.91. The Hall–Kier alpha value is -2.43. The summed E-state index contributed by atoms with van der Waals surface area (Å²) < 4.78 is 0. The van der Waals surface area contributed by atoms with E-state index >= 15 is 0 Å². The van der Waals surface area contributed by atoms with Crippen LogP contribution in [0.4, 0.5) is 5.82 Å². The monoisotopic (exact) mass is 296 g/mol. The molecule has 0 saturated carbocycles. The van der Waals surface area contributed by atoms with E-state index in [1.54, 1.807) is 18.5 Å². The molecule has 0 radical (unpaired) electrons. The smallest absolute Gasteiger partial charge is 0.251 e. The molecule has 2 aromatic heterocycles. The number of nitrogens with one attached hydrogen (secondary N) is 1. The van der Waals surface area contributed by atoms with E-state index in [2.05, 4.69) is 26.3 Å². The Labute approximate surface area is 130 Å². The topological polar surface area (TPSA) is 58.1 Å². The van der Waals surface area contributed by atoms with Crippen LogP contribution in [0.3, 0.4) is 0 Å². The molecule has 1 fully saturated rings. The zero-order chi connectivity index (χ0) is 15.5. The molecule has 1 aliphatic heterocycles. The highest BCUT2D eigenvalue weighted by atomic mass is 16.1. The lowest BCUT2D eigenvalue weighted by atomic mass is 9.93. The van der Waals surface area contributed by atoms with Crippen LogP contribution in [0.2, 0.25) is 0 Å². The molecule has 0 aromatic carbocycles. The quantitative estimate of drug-likeness (QED) is 0.940. The lowest BCUT2D eigenvalue weighted by Gasteiger charge is -2.40. The normalized spacial score (nSPS) is 14.8. The number of rotatable bonds is 4. The Morgan fingerprint density at radius 2 is 2.14 bits per heavy atom. The van der Waals surface area contributed by atoms with Crippen LogP contribution < -0.4 is 10.2 Å². The highest BCUT2D eigenvalue weighted by Crippen LogP contribution is 2.30. The van der Waals surface area contributed by atoms with Crippen molar-refractivity contribution in [1.82, 2.24) is 15.3 Å². The second kappa shape index (κ2) is 6.13. The zero-order valence-corrected chi connectivity index (χ0v) is 12.9. The van der Waals surface area contributed by atoms with Gasteiger partial charge in [0.25, 0.3) is 5.91 Å². The fraction of sp³-hybridized carbons (Fsp3) is 0.353. The van der Waals surface area contributed by atoms with Crippen molar-refractivity contribution < 1.29 is 4.79 Å². The summed E-state index contributed by atoms with van der Waals surface area (Å²) in [6.45, 7) is 5.73. The molecule has 3 heterocycles. The summed E-state index contributed by atoms with van der Waals surface area (Å²) in [7, 11) is 0. The molecule has 2 aromatic rings. The lowest BCUT2D eigenvalue weighted by molar-refractivity contribution is 0.0943. The highest BCUT2D eigenvalue weighted by Gasteiger charge is 2.29. The molecule has 0 bridgehead atoms. The summed E-state index contributed by atoms with van der Waals surface area (Å²) in [6, 6.07) is 7.81. The zero-order valence-electron chi connectivity index (χ0n) is 12.9. The number of hydrogen-bond donors (Lipinski definition) is 1. The Bertz CT molecular complexity index is 651. The largest absolute Gasteiger partial charge is 0.355 e. The molecule has 22 heavy (non-hydrogen) atoms. The number of anilines is 1. The van der Waals surface area contributed by atoms with Crippen molar-refractivity contribution in [3.63, 3.8) is 0 Å². The summed E-state index contributed by atoms with van der Waals surface area (Å²) in [4.78, 5) is 22.8. The molecule has 5 heteroatoms. The molecule has 1 aliphatic rings. The summed E-state index contributed by atoms with van der Waals surface area (Å²) in [5, 5.41) is 2.90. The molecule has 0 spiro atoms. The van der Waals surface area contributed by atoms with Gasteiger partial charge in [0.05, 0.1) is 0 Å². The summed E-state index contributed by atoms with van der Waals surface area (Å²) >= 11 is 0. The Morgan fingerprint density at radius 3 is 2.82 bits per heavy atom. The van der Waals surface area contributed by atoms with Gasteiger partial charge in [-0.3, -0.25) is 9.78 Å². The molecule has 5 nitrogen and oxygen atoms in total. The van der Waals surface area contributed by atoms with Crippen molar-refractivity contribution in [3.05, 3.63) is 54.0 Å². The molecule has 1 N–H and O–H groups in total. The van der Waals surface area contributed by atoms with Gasteiger partial charge >= 0.3 is 0 Å². The van der Waals surface area contributed by atoms with E-state index in [1.807, 2.05) is 32.2 Å². The fourth-order valence-electron chi connectivity index (χ4n) is 2.57.